The molecule has 0 saturated heterocycles. The molecule has 0 spiro atoms. The molecule has 5 heteroatoms. The monoisotopic (exact) mass is 288 g/mol. The molecule has 0 bridgehead atoms. The van der Waals surface area contributed by atoms with Crippen LogP contribution in [-0.2, 0) is 0 Å². The number of amidine groups is 1. The quantitative estimate of drug-likeness (QED) is 0.480. The summed E-state index contributed by atoms with van der Waals surface area (Å²) in [5.41, 5.74) is 5.21. The fraction of sp³-hybridized carbons (Fsp3) is 0.364. The Balaban J connectivity index is 2.31. The molecule has 0 aliphatic rings. The maximum Gasteiger partial charge on any atom is 0.165 e. The van der Waals surface area contributed by atoms with Gasteiger partial charge in [0.15, 0.2) is 11.6 Å². The summed E-state index contributed by atoms with van der Waals surface area (Å²) in [5.74, 6) is 0.0561. The van der Waals surface area contributed by atoms with Crippen molar-refractivity contribution in [1.29, 1.82) is 5.41 Å². The van der Waals surface area contributed by atoms with Gasteiger partial charge in [0.25, 0.3) is 0 Å². The van der Waals surface area contributed by atoms with Gasteiger partial charge >= 0.3 is 0 Å². The van der Waals surface area contributed by atoms with Crippen molar-refractivity contribution in [2.45, 2.75) is 19.3 Å². The summed E-state index contributed by atoms with van der Waals surface area (Å²) in [6.07, 6.45) is 2.10. The number of hydrogen-bond donors (Lipinski definition) is 2. The van der Waals surface area contributed by atoms with Crippen LogP contribution in [0.3, 0.4) is 0 Å². The minimum absolute atomic E-state index is 0.175. The van der Waals surface area contributed by atoms with Gasteiger partial charge in [-0.05, 0) is 31.0 Å². The van der Waals surface area contributed by atoms with E-state index in [4.69, 9.17) is 15.9 Å². The second-order valence-electron chi connectivity index (χ2n) is 3.41. The molecule has 1 rings (SSSR count). The molecule has 1 aromatic carbocycles. The molecule has 0 aliphatic heterocycles. The van der Waals surface area contributed by atoms with Crippen molar-refractivity contribution in [2.24, 2.45) is 5.73 Å². The molecule has 0 fully saturated rings. The van der Waals surface area contributed by atoms with E-state index < -0.39 is 0 Å². The minimum atomic E-state index is -0.366. The first-order valence-electron chi connectivity index (χ1n) is 5.00. The van der Waals surface area contributed by atoms with Crippen molar-refractivity contribution in [2.75, 3.05) is 6.61 Å². The van der Waals surface area contributed by atoms with Crippen molar-refractivity contribution in [3.05, 3.63) is 28.5 Å². The molecule has 0 aliphatic carbocycles. The lowest BCUT2D eigenvalue weighted by atomic mass is 10.2. The standard InChI is InChI=1S/C11H14BrFN2O/c12-8-4-5-9(13)10(7-8)16-6-2-1-3-11(14)15/h4-5,7H,1-3,6H2,(H3,14,15). The molecule has 0 radical (unpaired) electrons. The molecule has 0 saturated carbocycles. The maximum absolute atomic E-state index is 13.2. The van der Waals surface area contributed by atoms with Crippen LogP contribution in [0.15, 0.2) is 22.7 Å². The van der Waals surface area contributed by atoms with E-state index >= 15 is 0 Å². The van der Waals surface area contributed by atoms with Gasteiger partial charge in [0.1, 0.15) is 0 Å². The van der Waals surface area contributed by atoms with E-state index in [2.05, 4.69) is 15.9 Å². The summed E-state index contributed by atoms with van der Waals surface area (Å²) in [4.78, 5) is 0. The van der Waals surface area contributed by atoms with Crippen LogP contribution in [0.1, 0.15) is 19.3 Å². The summed E-state index contributed by atoms with van der Waals surface area (Å²) < 4.78 is 19.3. The van der Waals surface area contributed by atoms with E-state index in [1.165, 1.54) is 6.07 Å². The highest BCUT2D eigenvalue weighted by molar-refractivity contribution is 9.10. The Kier molecular flexibility index (Phi) is 5.25. The summed E-state index contributed by atoms with van der Waals surface area (Å²) in [5, 5.41) is 7.03. The van der Waals surface area contributed by atoms with E-state index in [9.17, 15) is 4.39 Å². The van der Waals surface area contributed by atoms with Gasteiger partial charge < -0.3 is 10.5 Å². The van der Waals surface area contributed by atoms with Crippen LogP contribution in [0.4, 0.5) is 4.39 Å². The van der Waals surface area contributed by atoms with Gasteiger partial charge in [0.2, 0.25) is 0 Å². The van der Waals surface area contributed by atoms with Gasteiger partial charge in [0, 0.05) is 10.9 Å². The number of nitrogens with one attached hydrogen (secondary N) is 1. The normalized spacial score (nSPS) is 10.1. The number of ether oxygens (including phenoxy) is 1. The highest BCUT2D eigenvalue weighted by atomic mass is 79.9. The number of hydrogen-bond acceptors (Lipinski definition) is 2. The number of nitrogens with two attached hydrogens (primary N) is 1. The lowest BCUT2D eigenvalue weighted by Gasteiger charge is -2.07. The van der Waals surface area contributed by atoms with Gasteiger partial charge in [-0.15, -0.1) is 0 Å². The first-order chi connectivity index (χ1) is 7.59. The average Bonchev–Trinajstić information content (AvgIpc) is 2.22. The molecular weight excluding hydrogens is 275 g/mol. The number of halogens is 2. The molecule has 3 N–H and O–H groups in total. The maximum atomic E-state index is 13.2. The first-order valence-corrected chi connectivity index (χ1v) is 5.79. The summed E-state index contributed by atoms with van der Waals surface area (Å²) in [6.45, 7) is 0.431. The molecule has 0 aromatic heterocycles. The van der Waals surface area contributed by atoms with Gasteiger partial charge in [-0.2, -0.15) is 0 Å². The first kappa shape index (κ1) is 13.0. The van der Waals surface area contributed by atoms with Crippen molar-refractivity contribution >= 4 is 21.8 Å². The molecule has 1 aromatic rings. The van der Waals surface area contributed by atoms with E-state index in [0.717, 1.165) is 17.3 Å². The molecule has 0 amide bonds. The second-order valence-corrected chi connectivity index (χ2v) is 4.32. The van der Waals surface area contributed by atoms with E-state index in [1.54, 1.807) is 12.1 Å². The molecule has 3 nitrogen and oxygen atoms in total. The Morgan fingerprint density at radius 3 is 2.88 bits per heavy atom. The Morgan fingerprint density at radius 1 is 1.44 bits per heavy atom. The minimum Gasteiger partial charge on any atom is -0.490 e. The van der Waals surface area contributed by atoms with Crippen molar-refractivity contribution < 1.29 is 9.13 Å². The largest absolute Gasteiger partial charge is 0.490 e. The molecule has 0 heterocycles. The third kappa shape index (κ3) is 4.61. The Morgan fingerprint density at radius 2 is 2.19 bits per heavy atom. The average molecular weight is 289 g/mol. The molecule has 0 atom stereocenters. The summed E-state index contributed by atoms with van der Waals surface area (Å²) >= 11 is 3.25. The lowest BCUT2D eigenvalue weighted by molar-refractivity contribution is 0.292. The van der Waals surface area contributed by atoms with Crippen LogP contribution >= 0.6 is 15.9 Å². The Labute approximate surface area is 102 Å². The second kappa shape index (κ2) is 6.48. The van der Waals surface area contributed by atoms with E-state index in [0.29, 0.717) is 13.0 Å². The lowest BCUT2D eigenvalue weighted by Crippen LogP contribution is -2.09. The zero-order chi connectivity index (χ0) is 12.0. The predicted octanol–water partition coefficient (Wildman–Crippen LogP) is 3.07. The topological polar surface area (TPSA) is 59.1 Å². The predicted molar refractivity (Wildman–Crippen MR) is 65.4 cm³/mol. The van der Waals surface area contributed by atoms with Crippen LogP contribution in [0, 0.1) is 11.2 Å². The molecule has 88 valence electrons. The highest BCUT2D eigenvalue weighted by Crippen LogP contribution is 2.22. The highest BCUT2D eigenvalue weighted by Gasteiger charge is 2.03. The van der Waals surface area contributed by atoms with Gasteiger partial charge in [-0.25, -0.2) is 4.39 Å². The number of benzene rings is 1. The Bertz CT molecular complexity index is 371. The van der Waals surface area contributed by atoms with Crippen LogP contribution < -0.4 is 10.5 Å². The van der Waals surface area contributed by atoms with Crippen molar-refractivity contribution in [1.82, 2.24) is 0 Å². The zero-order valence-electron chi connectivity index (χ0n) is 8.80. The number of unbranched alkanes of at least 4 members (excludes halogenated alkanes) is 1. The van der Waals surface area contributed by atoms with E-state index in [1.807, 2.05) is 0 Å². The van der Waals surface area contributed by atoms with E-state index in [-0.39, 0.29) is 17.4 Å². The zero-order valence-corrected chi connectivity index (χ0v) is 10.4. The fourth-order valence-corrected chi connectivity index (χ4v) is 1.53. The van der Waals surface area contributed by atoms with Gasteiger partial charge in [0.05, 0.1) is 12.4 Å². The van der Waals surface area contributed by atoms with Crippen LogP contribution in [-0.4, -0.2) is 12.4 Å². The van der Waals surface area contributed by atoms with Gasteiger partial charge in [-0.3, -0.25) is 5.41 Å². The van der Waals surface area contributed by atoms with Crippen LogP contribution in [0.25, 0.3) is 0 Å². The number of rotatable bonds is 6. The molecule has 16 heavy (non-hydrogen) atoms. The molecular formula is C11H14BrFN2O. The third-order valence-electron chi connectivity index (χ3n) is 1.99. The van der Waals surface area contributed by atoms with Gasteiger partial charge in [-0.1, -0.05) is 15.9 Å². The SMILES string of the molecule is N=C(N)CCCCOc1cc(Br)ccc1F. The third-order valence-corrected chi connectivity index (χ3v) is 2.48. The van der Waals surface area contributed by atoms with Crippen LogP contribution in [0.5, 0.6) is 5.75 Å². The smallest absolute Gasteiger partial charge is 0.165 e. The fourth-order valence-electron chi connectivity index (χ4n) is 1.19. The molecule has 0 unspecified atom stereocenters. The van der Waals surface area contributed by atoms with Crippen molar-refractivity contribution in [3.63, 3.8) is 0 Å². The summed E-state index contributed by atoms with van der Waals surface area (Å²) in [7, 11) is 0. The Hall–Kier alpha value is -1.10. The summed E-state index contributed by atoms with van der Waals surface area (Å²) in [6, 6.07) is 4.58. The van der Waals surface area contributed by atoms with Crippen LogP contribution in [0.2, 0.25) is 0 Å². The van der Waals surface area contributed by atoms with Crippen molar-refractivity contribution in [3.8, 4) is 5.75 Å².